The van der Waals surface area contributed by atoms with Gasteiger partial charge in [-0.1, -0.05) is 6.92 Å². The summed E-state index contributed by atoms with van der Waals surface area (Å²) in [6.45, 7) is 7.53. The standard InChI is InChI=1S/C17H25N5O3/c1-5-17(2,21-8-10-25-11-9-21)16-18-19-20-22(16)13-6-7-14(23-3)15(12-13)24-4/h6-7,12H,5,8-11H2,1-4H3/t17-/m0/s1. The lowest BCUT2D eigenvalue weighted by Gasteiger charge is -2.41. The number of nitrogens with zero attached hydrogens (tertiary/aromatic N) is 5. The number of hydrogen-bond acceptors (Lipinski definition) is 7. The number of methoxy groups -OCH3 is 2. The van der Waals surface area contributed by atoms with E-state index in [0.717, 1.165) is 44.2 Å². The van der Waals surface area contributed by atoms with Crippen LogP contribution in [0.4, 0.5) is 0 Å². The van der Waals surface area contributed by atoms with E-state index in [2.05, 4.69) is 34.3 Å². The molecule has 25 heavy (non-hydrogen) atoms. The lowest BCUT2D eigenvalue weighted by atomic mass is 9.94. The monoisotopic (exact) mass is 347 g/mol. The molecule has 1 saturated heterocycles. The largest absolute Gasteiger partial charge is 0.493 e. The van der Waals surface area contributed by atoms with Gasteiger partial charge in [0, 0.05) is 19.2 Å². The minimum absolute atomic E-state index is 0.277. The van der Waals surface area contributed by atoms with Crippen molar-refractivity contribution in [1.29, 1.82) is 0 Å². The zero-order chi connectivity index (χ0) is 17.9. The second-order valence-corrected chi connectivity index (χ2v) is 6.18. The highest BCUT2D eigenvalue weighted by Gasteiger charge is 2.38. The van der Waals surface area contributed by atoms with Crippen LogP contribution in [-0.4, -0.2) is 65.6 Å². The summed E-state index contributed by atoms with van der Waals surface area (Å²) in [7, 11) is 3.23. The summed E-state index contributed by atoms with van der Waals surface area (Å²) in [6, 6.07) is 5.67. The van der Waals surface area contributed by atoms with E-state index in [1.54, 1.807) is 18.9 Å². The summed E-state index contributed by atoms with van der Waals surface area (Å²) in [5, 5.41) is 12.5. The first-order valence-electron chi connectivity index (χ1n) is 8.48. The van der Waals surface area contributed by atoms with Gasteiger partial charge < -0.3 is 14.2 Å². The molecule has 1 aliphatic rings. The molecule has 136 valence electrons. The molecule has 0 saturated carbocycles. The maximum atomic E-state index is 5.50. The van der Waals surface area contributed by atoms with Crippen LogP contribution in [0.25, 0.3) is 5.69 Å². The lowest BCUT2D eigenvalue weighted by molar-refractivity contribution is -0.0240. The molecule has 3 rings (SSSR count). The third-order valence-electron chi connectivity index (χ3n) is 4.96. The highest BCUT2D eigenvalue weighted by molar-refractivity contribution is 5.48. The highest BCUT2D eigenvalue weighted by Crippen LogP contribution is 2.34. The smallest absolute Gasteiger partial charge is 0.176 e. The summed E-state index contributed by atoms with van der Waals surface area (Å²) in [5.41, 5.74) is 0.561. The van der Waals surface area contributed by atoms with E-state index < -0.39 is 0 Å². The van der Waals surface area contributed by atoms with Gasteiger partial charge in [0.05, 0.1) is 38.7 Å². The molecule has 0 unspecified atom stereocenters. The Morgan fingerprint density at radius 2 is 1.88 bits per heavy atom. The zero-order valence-electron chi connectivity index (χ0n) is 15.2. The van der Waals surface area contributed by atoms with E-state index in [4.69, 9.17) is 14.2 Å². The van der Waals surface area contributed by atoms with E-state index in [-0.39, 0.29) is 5.54 Å². The molecule has 0 N–H and O–H groups in total. The van der Waals surface area contributed by atoms with Gasteiger partial charge in [-0.3, -0.25) is 4.90 Å². The molecule has 1 aromatic carbocycles. The van der Waals surface area contributed by atoms with Gasteiger partial charge in [-0.15, -0.1) is 5.10 Å². The quantitative estimate of drug-likeness (QED) is 0.786. The van der Waals surface area contributed by atoms with Gasteiger partial charge in [0.2, 0.25) is 0 Å². The molecular weight excluding hydrogens is 322 g/mol. The van der Waals surface area contributed by atoms with Crippen molar-refractivity contribution < 1.29 is 14.2 Å². The summed E-state index contributed by atoms with van der Waals surface area (Å²) in [6.07, 6.45) is 0.890. The number of rotatable bonds is 6. The van der Waals surface area contributed by atoms with Crippen molar-refractivity contribution in [3.8, 4) is 17.2 Å². The van der Waals surface area contributed by atoms with Gasteiger partial charge in [0.1, 0.15) is 0 Å². The molecule has 1 fully saturated rings. The lowest BCUT2D eigenvalue weighted by Crippen LogP contribution is -2.50. The second kappa shape index (κ2) is 7.37. The minimum Gasteiger partial charge on any atom is -0.493 e. The van der Waals surface area contributed by atoms with Crippen LogP contribution in [0, 0.1) is 0 Å². The van der Waals surface area contributed by atoms with Crippen molar-refractivity contribution in [2.45, 2.75) is 25.8 Å². The van der Waals surface area contributed by atoms with Crippen LogP contribution in [-0.2, 0) is 10.3 Å². The number of aromatic nitrogens is 4. The van der Waals surface area contributed by atoms with Gasteiger partial charge in [0.15, 0.2) is 17.3 Å². The van der Waals surface area contributed by atoms with Crippen LogP contribution in [0.3, 0.4) is 0 Å². The van der Waals surface area contributed by atoms with E-state index in [9.17, 15) is 0 Å². The molecule has 1 atom stereocenters. The van der Waals surface area contributed by atoms with Gasteiger partial charge in [-0.25, -0.2) is 0 Å². The fraction of sp³-hybridized carbons (Fsp3) is 0.588. The summed E-state index contributed by atoms with van der Waals surface area (Å²) in [4.78, 5) is 2.39. The Kier molecular flexibility index (Phi) is 5.19. The number of morpholine rings is 1. The van der Waals surface area contributed by atoms with Crippen molar-refractivity contribution >= 4 is 0 Å². The van der Waals surface area contributed by atoms with Crippen LogP contribution < -0.4 is 9.47 Å². The fourth-order valence-corrected chi connectivity index (χ4v) is 3.23. The highest BCUT2D eigenvalue weighted by atomic mass is 16.5. The van der Waals surface area contributed by atoms with Crippen molar-refractivity contribution in [3.63, 3.8) is 0 Å². The SMILES string of the molecule is CC[C@@](C)(c1nnnn1-c1ccc(OC)c(OC)c1)N1CCOCC1. The van der Waals surface area contributed by atoms with Crippen molar-refractivity contribution in [2.24, 2.45) is 0 Å². The summed E-state index contributed by atoms with van der Waals surface area (Å²) >= 11 is 0. The van der Waals surface area contributed by atoms with E-state index in [1.807, 2.05) is 18.2 Å². The van der Waals surface area contributed by atoms with E-state index in [0.29, 0.717) is 11.5 Å². The Bertz CT molecular complexity index is 714. The van der Waals surface area contributed by atoms with Crippen LogP contribution in [0.1, 0.15) is 26.1 Å². The predicted octanol–water partition coefficient (Wildman–Crippen LogP) is 1.64. The van der Waals surface area contributed by atoms with Gasteiger partial charge in [-0.2, -0.15) is 4.68 Å². The molecule has 8 heteroatoms. The first-order valence-corrected chi connectivity index (χ1v) is 8.48. The molecular formula is C17H25N5O3. The Hall–Kier alpha value is -2.19. The maximum absolute atomic E-state index is 5.50. The fourth-order valence-electron chi connectivity index (χ4n) is 3.23. The second-order valence-electron chi connectivity index (χ2n) is 6.18. The Labute approximate surface area is 147 Å². The van der Waals surface area contributed by atoms with E-state index >= 15 is 0 Å². The normalized spacial score (nSPS) is 17.9. The van der Waals surface area contributed by atoms with E-state index in [1.165, 1.54) is 0 Å². The number of hydrogen-bond donors (Lipinski definition) is 0. The summed E-state index contributed by atoms with van der Waals surface area (Å²) in [5.74, 6) is 2.13. The maximum Gasteiger partial charge on any atom is 0.176 e. The first kappa shape index (κ1) is 17.6. The van der Waals surface area contributed by atoms with Crippen molar-refractivity contribution in [1.82, 2.24) is 25.1 Å². The molecule has 0 radical (unpaired) electrons. The first-order chi connectivity index (χ1) is 12.1. The van der Waals surface area contributed by atoms with Crippen LogP contribution >= 0.6 is 0 Å². The van der Waals surface area contributed by atoms with Crippen molar-refractivity contribution in [2.75, 3.05) is 40.5 Å². The zero-order valence-corrected chi connectivity index (χ0v) is 15.2. The van der Waals surface area contributed by atoms with Crippen LogP contribution in [0.2, 0.25) is 0 Å². The molecule has 0 bridgehead atoms. The van der Waals surface area contributed by atoms with Gasteiger partial charge in [-0.05, 0) is 35.9 Å². The Morgan fingerprint density at radius 3 is 2.52 bits per heavy atom. The molecule has 0 amide bonds. The van der Waals surface area contributed by atoms with Crippen LogP contribution in [0.5, 0.6) is 11.5 Å². The van der Waals surface area contributed by atoms with Gasteiger partial charge >= 0.3 is 0 Å². The predicted molar refractivity (Wildman–Crippen MR) is 92.3 cm³/mol. The molecule has 0 spiro atoms. The topological polar surface area (TPSA) is 74.5 Å². The van der Waals surface area contributed by atoms with Crippen LogP contribution in [0.15, 0.2) is 18.2 Å². The van der Waals surface area contributed by atoms with Crippen molar-refractivity contribution in [3.05, 3.63) is 24.0 Å². The third kappa shape index (κ3) is 3.19. The molecule has 2 heterocycles. The average Bonchev–Trinajstić information content (AvgIpc) is 3.18. The number of tetrazole rings is 1. The minimum atomic E-state index is -0.277. The molecule has 2 aromatic rings. The van der Waals surface area contributed by atoms with Gasteiger partial charge in [0.25, 0.3) is 0 Å². The Balaban J connectivity index is 2.02. The molecule has 0 aliphatic carbocycles. The Morgan fingerprint density at radius 1 is 1.16 bits per heavy atom. The number of ether oxygens (including phenoxy) is 3. The molecule has 1 aliphatic heterocycles. The summed E-state index contributed by atoms with van der Waals surface area (Å²) < 4.78 is 18.0. The number of benzene rings is 1. The molecule has 1 aromatic heterocycles. The average molecular weight is 347 g/mol. The third-order valence-corrected chi connectivity index (χ3v) is 4.96. The molecule has 8 nitrogen and oxygen atoms in total.